The SMILES string of the molecule is C[C@@H](O)[C@H](NC(=O)CNC(=O)[C@H](CO)NC(=O)[C@H](CC(=O)O)NC(=O)CNC(=O)CNC(=O)[C@H](Cc1ccccc1)NC(=O)[C@H](CCC(=O)O)NC(=O)[C@H](CS)NC(=O)[C@H](CC(=O)O)NC(=O)[C@@H](NC(=O)[C@H](CS)NC(=O)[C@H](CCCNC(=N)N)NC(=O)CNC(=O)[C@@H]1CCCN1C(=O)[C@@H]1CCCN1C(=O)[C@H](Cc1ccc(O)cc1)NC(=O)[C@H](CO)NC(=O)CNC(=O)[C@@H](N)CC(=O)O)[C@@H](C)O)C(=O)O. The van der Waals surface area contributed by atoms with Crippen molar-refractivity contribution in [1.82, 2.24) is 106 Å². The Kier molecular flexibility index (Phi) is 49.9. The predicted molar refractivity (Wildman–Crippen MR) is 483 cm³/mol. The molecular weight excluding hydrogens is 1900 g/mol. The number of carbonyl (C=O) groups is 24. The number of guanidine groups is 1. The smallest absolute Gasteiger partial charge is 0.328 e. The lowest BCUT2D eigenvalue weighted by atomic mass is 10.0. The van der Waals surface area contributed by atoms with Crippen LogP contribution in [-0.2, 0) is 128 Å². The van der Waals surface area contributed by atoms with E-state index in [4.69, 9.17) is 22.0 Å². The monoisotopic (exact) mass is 2020 g/mol. The van der Waals surface area contributed by atoms with Gasteiger partial charge >= 0.3 is 29.8 Å². The van der Waals surface area contributed by atoms with Gasteiger partial charge in [-0.15, -0.1) is 0 Å². The fourth-order valence-corrected chi connectivity index (χ4v) is 14.1. The number of carboxylic acid groups (broad SMARTS) is 5. The highest BCUT2D eigenvalue weighted by Crippen LogP contribution is 2.27. The second-order valence-electron chi connectivity index (χ2n) is 31.8. The molecule has 2 aromatic rings. The summed E-state index contributed by atoms with van der Waals surface area (Å²) in [5.41, 5.74) is 11.7. The molecule has 0 bridgehead atoms. The van der Waals surface area contributed by atoms with Crippen LogP contribution in [-0.4, -0.2) is 389 Å². The lowest BCUT2D eigenvalue weighted by Gasteiger charge is -2.33. The Morgan fingerprint density at radius 3 is 1.33 bits per heavy atom. The number of phenolic OH excluding ortho intramolecular Hbond substituents is 1. The number of nitrogens with two attached hydrogens (primary N) is 2. The molecule has 57 nitrogen and oxygen atoms in total. The Balaban J connectivity index is 1.43. The zero-order valence-corrected chi connectivity index (χ0v) is 77.2. The number of aromatic hydroxyl groups is 1. The van der Waals surface area contributed by atoms with E-state index in [-0.39, 0.29) is 76.8 Å². The maximum atomic E-state index is 14.6. The zero-order valence-electron chi connectivity index (χ0n) is 75.4. The van der Waals surface area contributed by atoms with Gasteiger partial charge in [-0.2, -0.15) is 25.3 Å². The van der Waals surface area contributed by atoms with E-state index in [0.29, 0.717) is 11.1 Å². The second kappa shape index (κ2) is 59.4. The highest BCUT2D eigenvalue weighted by molar-refractivity contribution is 7.80. The number of rotatable bonds is 60. The topological polar surface area (TPSA) is 911 Å². The van der Waals surface area contributed by atoms with Crippen LogP contribution in [0.1, 0.15) is 95.6 Å². The van der Waals surface area contributed by atoms with Crippen molar-refractivity contribution >= 4 is 173 Å². The first kappa shape index (κ1) is 118. The molecule has 140 heavy (non-hydrogen) atoms. The molecule has 772 valence electrons. The van der Waals surface area contributed by atoms with Gasteiger partial charge in [-0.1, -0.05) is 42.5 Å². The molecule has 2 aliphatic heterocycles. The van der Waals surface area contributed by atoms with Crippen LogP contribution in [0, 0.1) is 5.41 Å². The molecule has 17 atom stereocenters. The Hall–Kier alpha value is -14.7. The number of benzene rings is 2. The predicted octanol–water partition coefficient (Wildman–Crippen LogP) is -14.9. The molecule has 2 heterocycles. The highest BCUT2D eigenvalue weighted by Gasteiger charge is 2.46. The maximum Gasteiger partial charge on any atom is 0.328 e. The number of phenols is 1. The third kappa shape index (κ3) is 40.9. The number of hydrogen-bond acceptors (Lipinski definition) is 33. The summed E-state index contributed by atoms with van der Waals surface area (Å²) in [5, 5.41) is 145. The van der Waals surface area contributed by atoms with E-state index in [1.165, 1.54) is 58.3 Å². The molecule has 2 saturated heterocycles. The lowest BCUT2D eigenvalue weighted by molar-refractivity contribution is -0.148. The minimum atomic E-state index is -2.21. The van der Waals surface area contributed by atoms with Crippen molar-refractivity contribution in [2.24, 2.45) is 11.5 Å². The number of aliphatic hydroxyl groups is 4. The number of likely N-dealkylation sites (tertiary alicyclic amines) is 2. The van der Waals surface area contributed by atoms with Gasteiger partial charge in [0, 0.05) is 50.4 Å². The minimum Gasteiger partial charge on any atom is -0.508 e. The van der Waals surface area contributed by atoms with Crippen molar-refractivity contribution < 1.29 is 166 Å². The van der Waals surface area contributed by atoms with E-state index >= 15 is 0 Å². The first-order valence-corrected chi connectivity index (χ1v) is 44.4. The highest BCUT2D eigenvalue weighted by atomic mass is 32.1. The number of thiol groups is 2. The second-order valence-corrected chi connectivity index (χ2v) is 32.5. The van der Waals surface area contributed by atoms with Gasteiger partial charge in [0.15, 0.2) is 12.0 Å². The average Bonchev–Trinajstić information content (AvgIpc) is 1.65. The Morgan fingerprint density at radius 1 is 0.407 bits per heavy atom. The number of carboxylic acids is 5. The summed E-state index contributed by atoms with van der Waals surface area (Å²) < 4.78 is 0. The normalized spacial score (nSPS) is 16.3. The van der Waals surface area contributed by atoms with Gasteiger partial charge in [-0.05, 0) is 82.1 Å². The fraction of sp³-hybridized carbons (Fsp3) is 0.543. The number of hydrogen-bond donors (Lipinski definition) is 33. The fourth-order valence-electron chi connectivity index (χ4n) is 13.6. The molecule has 0 aromatic heterocycles. The summed E-state index contributed by atoms with van der Waals surface area (Å²) in [7, 11) is 0. The Labute approximate surface area is 807 Å². The van der Waals surface area contributed by atoms with E-state index in [2.05, 4.69) is 94.4 Å². The maximum absolute atomic E-state index is 14.6. The van der Waals surface area contributed by atoms with Gasteiger partial charge < -0.3 is 168 Å². The molecule has 59 heteroatoms. The number of carbonyl (C=O) groups excluding carboxylic acids is 19. The van der Waals surface area contributed by atoms with Gasteiger partial charge in [0.1, 0.15) is 84.3 Å². The van der Waals surface area contributed by atoms with E-state index < -0.39 is 340 Å². The Bertz CT molecular complexity index is 4790. The quantitative estimate of drug-likeness (QED) is 0.0127. The van der Waals surface area contributed by atoms with Gasteiger partial charge in [-0.3, -0.25) is 116 Å². The van der Waals surface area contributed by atoms with Gasteiger partial charge in [-0.25, -0.2) is 4.79 Å². The van der Waals surface area contributed by atoms with Gasteiger partial charge in [0.25, 0.3) is 0 Å². The number of aliphatic hydroxyl groups excluding tert-OH is 4. The van der Waals surface area contributed by atoms with Crippen LogP contribution < -0.4 is 107 Å². The largest absolute Gasteiger partial charge is 0.508 e. The summed E-state index contributed by atoms with van der Waals surface area (Å²) in [6.45, 7) is -4.95. The van der Waals surface area contributed by atoms with Gasteiger partial charge in [0.05, 0.1) is 83.4 Å². The van der Waals surface area contributed by atoms with E-state index in [0.717, 1.165) is 13.8 Å². The van der Waals surface area contributed by atoms with Crippen LogP contribution in [0.5, 0.6) is 5.75 Å². The standard InChI is InChI=1S/C81H117N23O34S2/c1-37(107)64(102-75(132)52(36-140)99-69(126)43(11-6-20-85-81(83)84)91-57(112)31-90-76(133)53-12-7-21-103(53)79(136)54-13-8-22-104(54)78(135)48(24-40-14-16-41(109)17-15-40)97-73(130)50(34-106)93-58(113)30-87-66(123)42(82)25-61(117)118)77(134)96-47(27-63(121)122)72(129)100-51(35-139)74(131)94-44(18-19-60(115)116)70(127)95-45(23-39-9-4-3-5-10-39)67(124)88-28-55(110)86-29-56(111)92-46(26-62(119)120)71(128)98-49(33-105)68(125)89-32-59(114)101-65(38(2)108)80(137)138/h3-5,9-10,14-17,37-38,42-54,64-65,105-109,139-140H,6-8,11-13,18-36,82H2,1-2H3,(H,86,110)(H,87,123)(H,88,124)(H,89,125)(H,90,133)(H,91,112)(H,92,111)(H,93,113)(H,94,131)(H,95,127)(H,96,134)(H,97,130)(H,98,128)(H,99,126)(H,100,129)(H,101,114)(H,102,132)(H,115,116)(H,117,118)(H,119,120)(H,121,122)(H,137,138)(H4,83,84,85)/t37-,38-,42+,43+,44+,45+,46+,47+,48+,49+,50+,51+,52+,53+,54+,64+,65+/m1/s1. The van der Waals surface area contributed by atoms with Crippen LogP contribution in [0.15, 0.2) is 54.6 Å². The summed E-state index contributed by atoms with van der Waals surface area (Å²) in [6.07, 6.45) is -8.69. The summed E-state index contributed by atoms with van der Waals surface area (Å²) in [5.74, 6) is -31.8. The van der Waals surface area contributed by atoms with Crippen LogP contribution in [0.2, 0.25) is 0 Å². The number of nitrogens with zero attached hydrogens (tertiary/aromatic N) is 2. The molecule has 4 rings (SSSR count). The third-order valence-electron chi connectivity index (χ3n) is 20.8. The van der Waals surface area contributed by atoms with Crippen molar-refractivity contribution in [3.05, 3.63) is 65.7 Å². The molecule has 0 aliphatic carbocycles. The van der Waals surface area contributed by atoms with Gasteiger partial charge in [0.2, 0.25) is 112 Å². The van der Waals surface area contributed by atoms with E-state index in [9.17, 15) is 161 Å². The van der Waals surface area contributed by atoms with Crippen LogP contribution in [0.3, 0.4) is 0 Å². The molecule has 0 radical (unpaired) electrons. The zero-order chi connectivity index (χ0) is 105. The molecule has 2 fully saturated rings. The molecular formula is C81H117N23O34S2. The van der Waals surface area contributed by atoms with Crippen molar-refractivity contribution in [2.75, 3.05) is 77.1 Å². The van der Waals surface area contributed by atoms with Crippen molar-refractivity contribution in [1.29, 1.82) is 5.41 Å². The molecule has 0 unspecified atom stereocenters. The molecule has 19 amide bonds. The van der Waals surface area contributed by atoms with Crippen molar-refractivity contribution in [3.8, 4) is 5.75 Å². The van der Waals surface area contributed by atoms with Crippen LogP contribution >= 0.6 is 25.3 Å². The number of aliphatic carboxylic acids is 5. The molecule has 33 N–H and O–H groups in total. The molecule has 2 aliphatic rings. The summed E-state index contributed by atoms with van der Waals surface area (Å²) in [6, 6.07) is -13.1. The van der Waals surface area contributed by atoms with Crippen LogP contribution in [0.4, 0.5) is 0 Å². The minimum absolute atomic E-state index is 0.0184. The summed E-state index contributed by atoms with van der Waals surface area (Å²) in [4.78, 5) is 319. The van der Waals surface area contributed by atoms with E-state index in [1.807, 2.05) is 26.6 Å². The number of amides is 19. The Morgan fingerprint density at radius 2 is 0.807 bits per heavy atom. The molecule has 2 aromatic carbocycles. The molecule has 0 saturated carbocycles. The van der Waals surface area contributed by atoms with E-state index in [1.54, 1.807) is 6.07 Å². The van der Waals surface area contributed by atoms with Crippen molar-refractivity contribution in [3.63, 3.8) is 0 Å². The first-order valence-electron chi connectivity index (χ1n) is 43.2. The lowest BCUT2D eigenvalue weighted by Crippen LogP contribution is -2.62. The molecule has 0 spiro atoms. The van der Waals surface area contributed by atoms with Crippen LogP contribution in [0.25, 0.3) is 0 Å². The first-order chi connectivity index (χ1) is 66.0. The van der Waals surface area contributed by atoms with Crippen molar-refractivity contribution in [2.45, 2.75) is 200 Å². The third-order valence-corrected chi connectivity index (χ3v) is 21.5. The number of nitrogens with one attached hydrogen (secondary N) is 19. The summed E-state index contributed by atoms with van der Waals surface area (Å²) >= 11 is 8.26. The average molecular weight is 2020 g/mol.